The van der Waals surface area contributed by atoms with Gasteiger partial charge in [-0.15, -0.1) is 0 Å². The van der Waals surface area contributed by atoms with Crippen molar-refractivity contribution in [2.75, 3.05) is 4.72 Å². The van der Waals surface area contributed by atoms with E-state index in [1.165, 1.54) is 18.2 Å². The molecule has 0 saturated heterocycles. The molecule has 0 amide bonds. The summed E-state index contributed by atoms with van der Waals surface area (Å²) >= 11 is 0. The Morgan fingerprint density at radius 3 is 2.48 bits per heavy atom. The summed E-state index contributed by atoms with van der Waals surface area (Å²) in [6.07, 6.45) is 0.683. The van der Waals surface area contributed by atoms with E-state index in [1.54, 1.807) is 19.1 Å². The van der Waals surface area contributed by atoms with E-state index in [9.17, 15) is 18.3 Å². The highest BCUT2D eigenvalue weighted by Crippen LogP contribution is 2.27. The zero-order chi connectivity index (χ0) is 17.2. The third-order valence-corrected chi connectivity index (χ3v) is 4.83. The van der Waals surface area contributed by atoms with Gasteiger partial charge in [-0.3, -0.25) is 4.72 Å². The summed E-state index contributed by atoms with van der Waals surface area (Å²) in [5.41, 5.74) is 1.30. The van der Waals surface area contributed by atoms with Gasteiger partial charge in [-0.05, 0) is 48.7 Å². The lowest BCUT2D eigenvalue weighted by molar-refractivity contribution is 0.0696. The van der Waals surface area contributed by atoms with Crippen molar-refractivity contribution in [2.24, 2.45) is 0 Å². The fourth-order valence-corrected chi connectivity index (χ4v) is 3.18. The number of carboxylic acids is 1. The van der Waals surface area contributed by atoms with Gasteiger partial charge in [0.25, 0.3) is 10.0 Å². The second-order valence-electron chi connectivity index (χ2n) is 5.09. The van der Waals surface area contributed by atoms with Crippen molar-refractivity contribution in [1.29, 1.82) is 0 Å². The number of phenolic OH excluding ortho intramolecular Hbond substituents is 1. The number of phenols is 1. The molecule has 0 aliphatic carbocycles. The van der Waals surface area contributed by atoms with Crippen LogP contribution in [0.15, 0.2) is 41.3 Å². The lowest BCUT2D eigenvalue weighted by Gasteiger charge is -2.12. The molecule has 0 saturated carbocycles. The summed E-state index contributed by atoms with van der Waals surface area (Å²) in [6, 6.07) is 8.50. The number of rotatable bonds is 5. The fraction of sp³-hybridized carbons (Fsp3) is 0.188. The van der Waals surface area contributed by atoms with Gasteiger partial charge < -0.3 is 10.2 Å². The molecule has 0 spiro atoms. The maximum Gasteiger partial charge on any atom is 0.335 e. The van der Waals surface area contributed by atoms with Crippen LogP contribution < -0.4 is 4.72 Å². The quantitative estimate of drug-likeness (QED) is 0.729. The Morgan fingerprint density at radius 2 is 1.87 bits per heavy atom. The Balaban J connectivity index is 2.44. The number of hydrogen-bond donors (Lipinski definition) is 3. The maximum atomic E-state index is 12.4. The molecule has 0 unspecified atom stereocenters. The van der Waals surface area contributed by atoms with E-state index in [4.69, 9.17) is 5.11 Å². The molecular formula is C16H17NO5S. The normalized spacial score (nSPS) is 11.2. The van der Waals surface area contributed by atoms with Gasteiger partial charge in [0.2, 0.25) is 0 Å². The third-order valence-electron chi connectivity index (χ3n) is 3.46. The van der Waals surface area contributed by atoms with Crippen LogP contribution >= 0.6 is 0 Å². The molecule has 7 heteroatoms. The Morgan fingerprint density at radius 1 is 1.17 bits per heavy atom. The van der Waals surface area contributed by atoms with Gasteiger partial charge in [-0.1, -0.05) is 19.1 Å². The SMILES string of the molecule is CCc1ccc(O)c(NS(=O)(=O)c2ccc(C)c(C(=O)O)c2)c1. The first-order valence-electron chi connectivity index (χ1n) is 6.93. The van der Waals surface area contributed by atoms with Crippen LogP contribution in [0.3, 0.4) is 0 Å². The number of carboxylic acid groups (broad SMARTS) is 1. The average molecular weight is 335 g/mol. The molecule has 0 radical (unpaired) electrons. The van der Waals surface area contributed by atoms with Gasteiger partial charge >= 0.3 is 5.97 Å². The first-order chi connectivity index (χ1) is 10.7. The highest BCUT2D eigenvalue weighted by molar-refractivity contribution is 7.92. The molecule has 0 aliphatic rings. The summed E-state index contributed by atoms with van der Waals surface area (Å²) in [5, 5.41) is 18.9. The van der Waals surface area contributed by atoms with Crippen LogP contribution in [-0.4, -0.2) is 24.6 Å². The molecule has 0 aromatic heterocycles. The first-order valence-corrected chi connectivity index (χ1v) is 8.41. The minimum atomic E-state index is -4.01. The number of benzene rings is 2. The summed E-state index contributed by atoms with van der Waals surface area (Å²) in [6.45, 7) is 3.49. The number of aromatic carboxylic acids is 1. The fourth-order valence-electron chi connectivity index (χ4n) is 2.09. The molecule has 2 rings (SSSR count). The molecule has 0 fully saturated rings. The molecule has 0 aliphatic heterocycles. The molecule has 3 N–H and O–H groups in total. The molecule has 6 nitrogen and oxygen atoms in total. The van der Waals surface area contributed by atoms with E-state index in [2.05, 4.69) is 4.72 Å². The van der Waals surface area contributed by atoms with Crippen LogP contribution in [0.25, 0.3) is 0 Å². The Labute approximate surface area is 134 Å². The molecule has 2 aromatic carbocycles. The zero-order valence-electron chi connectivity index (χ0n) is 12.7. The number of nitrogens with one attached hydrogen (secondary N) is 1. The topological polar surface area (TPSA) is 104 Å². The zero-order valence-corrected chi connectivity index (χ0v) is 13.5. The summed E-state index contributed by atoms with van der Waals surface area (Å²) in [4.78, 5) is 11.0. The van der Waals surface area contributed by atoms with Gasteiger partial charge in [-0.2, -0.15) is 0 Å². The second kappa shape index (κ2) is 6.29. The van der Waals surface area contributed by atoms with E-state index in [-0.39, 0.29) is 21.9 Å². The standard InChI is InChI=1S/C16H17NO5S/c1-3-11-5-7-15(18)14(8-11)17-23(21,22)12-6-4-10(2)13(9-12)16(19)20/h4-9,17-18H,3H2,1-2H3,(H,19,20). The smallest absolute Gasteiger partial charge is 0.335 e. The Kier molecular flexibility index (Phi) is 4.60. The van der Waals surface area contributed by atoms with Crippen molar-refractivity contribution in [3.05, 3.63) is 53.1 Å². The van der Waals surface area contributed by atoms with E-state index >= 15 is 0 Å². The van der Waals surface area contributed by atoms with Crippen LogP contribution in [0, 0.1) is 6.92 Å². The van der Waals surface area contributed by atoms with E-state index in [1.807, 2.05) is 6.92 Å². The number of anilines is 1. The Bertz CT molecular complexity index is 859. The number of hydrogen-bond acceptors (Lipinski definition) is 4. The summed E-state index contributed by atoms with van der Waals surface area (Å²) in [5.74, 6) is -1.40. The monoisotopic (exact) mass is 335 g/mol. The van der Waals surface area contributed by atoms with Gasteiger partial charge in [0.1, 0.15) is 5.75 Å². The van der Waals surface area contributed by atoms with Crippen molar-refractivity contribution in [1.82, 2.24) is 0 Å². The van der Waals surface area contributed by atoms with Crippen molar-refractivity contribution >= 4 is 21.7 Å². The molecule has 0 atom stereocenters. The van der Waals surface area contributed by atoms with E-state index in [0.29, 0.717) is 12.0 Å². The molecule has 2 aromatic rings. The molecule has 23 heavy (non-hydrogen) atoms. The summed E-state index contributed by atoms with van der Waals surface area (Å²) < 4.78 is 27.1. The van der Waals surface area contributed by atoms with E-state index in [0.717, 1.165) is 11.6 Å². The largest absolute Gasteiger partial charge is 0.506 e. The molecule has 122 valence electrons. The highest BCUT2D eigenvalue weighted by Gasteiger charge is 2.19. The number of aryl methyl sites for hydroxylation is 2. The highest BCUT2D eigenvalue weighted by atomic mass is 32.2. The van der Waals surface area contributed by atoms with Crippen LogP contribution in [0.2, 0.25) is 0 Å². The summed E-state index contributed by atoms with van der Waals surface area (Å²) in [7, 11) is -4.01. The Hall–Kier alpha value is -2.54. The molecule has 0 bridgehead atoms. The lowest BCUT2D eigenvalue weighted by atomic mass is 10.1. The minimum Gasteiger partial charge on any atom is -0.506 e. The maximum absolute atomic E-state index is 12.4. The number of sulfonamides is 1. The number of carbonyl (C=O) groups is 1. The second-order valence-corrected chi connectivity index (χ2v) is 6.77. The third kappa shape index (κ3) is 3.62. The number of aromatic hydroxyl groups is 1. The van der Waals surface area contributed by atoms with Crippen molar-refractivity contribution in [3.8, 4) is 5.75 Å². The lowest BCUT2D eigenvalue weighted by Crippen LogP contribution is -2.14. The first kappa shape index (κ1) is 16.8. The van der Waals surface area contributed by atoms with Crippen LogP contribution in [0.5, 0.6) is 5.75 Å². The van der Waals surface area contributed by atoms with Crippen LogP contribution in [0.4, 0.5) is 5.69 Å². The van der Waals surface area contributed by atoms with Gasteiger partial charge in [0, 0.05) is 0 Å². The van der Waals surface area contributed by atoms with Crippen molar-refractivity contribution < 1.29 is 23.4 Å². The van der Waals surface area contributed by atoms with Crippen molar-refractivity contribution in [3.63, 3.8) is 0 Å². The molecular weight excluding hydrogens is 318 g/mol. The van der Waals surface area contributed by atoms with Gasteiger partial charge in [0.05, 0.1) is 16.1 Å². The molecule has 0 heterocycles. The van der Waals surface area contributed by atoms with Crippen molar-refractivity contribution in [2.45, 2.75) is 25.2 Å². The van der Waals surface area contributed by atoms with E-state index < -0.39 is 16.0 Å². The minimum absolute atomic E-state index is 0.0572. The predicted molar refractivity (Wildman–Crippen MR) is 86.4 cm³/mol. The predicted octanol–water partition coefficient (Wildman–Crippen LogP) is 2.76. The van der Waals surface area contributed by atoms with Crippen LogP contribution in [0.1, 0.15) is 28.4 Å². The van der Waals surface area contributed by atoms with Gasteiger partial charge in [0.15, 0.2) is 0 Å². The van der Waals surface area contributed by atoms with Crippen LogP contribution in [-0.2, 0) is 16.4 Å². The van der Waals surface area contributed by atoms with Gasteiger partial charge in [-0.25, -0.2) is 13.2 Å². The average Bonchev–Trinajstić information content (AvgIpc) is 2.49.